The van der Waals surface area contributed by atoms with Gasteiger partial charge in [0, 0.05) is 72.1 Å². The summed E-state index contributed by atoms with van der Waals surface area (Å²) >= 11 is 0. The van der Waals surface area contributed by atoms with Gasteiger partial charge in [-0.05, 0) is 106 Å². The summed E-state index contributed by atoms with van der Waals surface area (Å²) in [6, 6.07) is 94.6. The molecular weight excluding hydrogens is 875 g/mol. The molecule has 4 nitrogen and oxygen atoms in total. The van der Waals surface area contributed by atoms with Crippen molar-refractivity contribution in [2.24, 2.45) is 0 Å². The molecule has 0 atom stereocenters. The number of hydrogen-bond acceptors (Lipinski definition) is 3. The first-order valence-corrected chi connectivity index (χ1v) is 24.7. The van der Waals surface area contributed by atoms with Crippen LogP contribution in [-0.2, 0) is 5.41 Å². The summed E-state index contributed by atoms with van der Waals surface area (Å²) < 4.78 is 8.98. The van der Waals surface area contributed by atoms with Crippen LogP contribution >= 0.6 is 0 Å². The van der Waals surface area contributed by atoms with E-state index in [0.717, 1.165) is 72.2 Å². The van der Waals surface area contributed by atoms with E-state index in [-0.39, 0.29) is 0 Å². The van der Waals surface area contributed by atoms with Gasteiger partial charge in [-0.1, -0.05) is 182 Å². The lowest BCUT2D eigenvalue weighted by molar-refractivity contribution is 0.669. The minimum Gasteiger partial charge on any atom is -0.456 e. The molecule has 4 heteroatoms. The molecule has 0 radical (unpaired) electrons. The third-order valence-corrected chi connectivity index (χ3v) is 15.2. The Kier molecular flexibility index (Phi) is 8.84. The first-order chi connectivity index (χ1) is 35.7. The standard InChI is InChI=1S/C68H43N3O/c1-4-18-45(19-5-1)68(46-20-6-2-7-21-46)58-28-14-10-24-51(58)52-38-36-49(42-59(52)68)70(50-37-39-54-53-25-13-17-31-63(53)72-64(54)43-50)48-34-32-44(33-35-48)67-57-40-41-62-66(65(57)55-26-11-15-29-60(55)69-67)56-27-12-16-30-61(56)71(62)47-22-8-3-9-23-47/h1-43H. The third kappa shape index (κ3) is 5.84. The first-order valence-electron chi connectivity index (χ1n) is 24.7. The van der Waals surface area contributed by atoms with Crippen molar-refractivity contribution in [3.63, 3.8) is 0 Å². The van der Waals surface area contributed by atoms with Crippen LogP contribution in [0, 0.1) is 0 Å². The van der Waals surface area contributed by atoms with Crippen LogP contribution < -0.4 is 4.90 Å². The van der Waals surface area contributed by atoms with Crippen LogP contribution in [0.2, 0.25) is 0 Å². The van der Waals surface area contributed by atoms with E-state index in [9.17, 15) is 0 Å². The number of aromatic nitrogens is 2. The molecule has 1 aliphatic rings. The number of fused-ring (bicyclic) bond motifs is 13. The molecule has 0 amide bonds. The van der Waals surface area contributed by atoms with Crippen LogP contribution in [0.1, 0.15) is 22.3 Å². The predicted molar refractivity (Wildman–Crippen MR) is 298 cm³/mol. The van der Waals surface area contributed by atoms with Gasteiger partial charge in [0.2, 0.25) is 0 Å². The normalized spacial score (nSPS) is 12.8. The summed E-state index contributed by atoms with van der Waals surface area (Å²) in [5.41, 5.74) is 18.2. The van der Waals surface area contributed by atoms with E-state index in [1.54, 1.807) is 0 Å². The lowest BCUT2D eigenvalue weighted by Crippen LogP contribution is -2.28. The molecule has 1 aliphatic carbocycles. The van der Waals surface area contributed by atoms with Gasteiger partial charge in [0.25, 0.3) is 0 Å². The van der Waals surface area contributed by atoms with Crippen molar-refractivity contribution in [2.75, 3.05) is 4.90 Å². The van der Waals surface area contributed by atoms with E-state index in [1.165, 1.54) is 60.6 Å². The number of hydrogen-bond donors (Lipinski definition) is 0. The lowest BCUT2D eigenvalue weighted by Gasteiger charge is -2.35. The Balaban J connectivity index is 0.946. The van der Waals surface area contributed by atoms with Crippen molar-refractivity contribution in [2.45, 2.75) is 5.41 Å². The number of nitrogens with zero attached hydrogens (tertiary/aromatic N) is 3. The zero-order valence-corrected chi connectivity index (χ0v) is 39.1. The zero-order chi connectivity index (χ0) is 47.3. The van der Waals surface area contributed by atoms with Crippen molar-refractivity contribution in [1.29, 1.82) is 0 Å². The molecule has 336 valence electrons. The Morgan fingerprint density at radius 2 is 0.958 bits per heavy atom. The Bertz CT molecular complexity index is 4400. The molecule has 0 aliphatic heterocycles. The van der Waals surface area contributed by atoms with Crippen molar-refractivity contribution in [3.8, 4) is 28.1 Å². The monoisotopic (exact) mass is 917 g/mol. The fourth-order valence-corrected chi connectivity index (χ4v) is 12.2. The van der Waals surface area contributed by atoms with Crippen LogP contribution in [0.3, 0.4) is 0 Å². The van der Waals surface area contributed by atoms with E-state index in [1.807, 2.05) is 12.1 Å². The molecule has 72 heavy (non-hydrogen) atoms. The highest BCUT2D eigenvalue weighted by molar-refractivity contribution is 6.29. The Labute approximate surface area is 415 Å². The topological polar surface area (TPSA) is 34.2 Å². The molecule has 3 aromatic heterocycles. The van der Waals surface area contributed by atoms with Gasteiger partial charge < -0.3 is 13.9 Å². The van der Waals surface area contributed by atoms with Crippen LogP contribution in [0.4, 0.5) is 17.1 Å². The van der Waals surface area contributed by atoms with Crippen molar-refractivity contribution in [3.05, 3.63) is 283 Å². The highest BCUT2D eigenvalue weighted by atomic mass is 16.3. The van der Waals surface area contributed by atoms with Gasteiger partial charge in [-0.2, -0.15) is 0 Å². The van der Waals surface area contributed by atoms with E-state index in [0.29, 0.717) is 0 Å². The first kappa shape index (κ1) is 40.4. The molecule has 0 unspecified atom stereocenters. The molecule has 0 fully saturated rings. The quantitative estimate of drug-likeness (QED) is 0.149. The van der Waals surface area contributed by atoms with Gasteiger partial charge in [0.1, 0.15) is 11.2 Å². The molecule has 11 aromatic carbocycles. The van der Waals surface area contributed by atoms with Gasteiger partial charge >= 0.3 is 0 Å². The summed E-state index contributed by atoms with van der Waals surface area (Å²) in [6.07, 6.45) is 0. The average molecular weight is 918 g/mol. The molecular formula is C68H43N3O. The number of rotatable bonds is 7. The van der Waals surface area contributed by atoms with Gasteiger partial charge in [-0.3, -0.25) is 0 Å². The van der Waals surface area contributed by atoms with Crippen molar-refractivity contribution >= 4 is 82.5 Å². The smallest absolute Gasteiger partial charge is 0.137 e. The summed E-state index contributed by atoms with van der Waals surface area (Å²) in [4.78, 5) is 7.85. The second-order valence-corrected chi connectivity index (χ2v) is 19.0. The van der Waals surface area contributed by atoms with Gasteiger partial charge in [0.05, 0.1) is 27.7 Å². The zero-order valence-electron chi connectivity index (χ0n) is 39.1. The Morgan fingerprint density at radius 3 is 1.75 bits per heavy atom. The summed E-state index contributed by atoms with van der Waals surface area (Å²) in [7, 11) is 0. The molecule has 0 N–H and O–H groups in total. The maximum atomic E-state index is 6.58. The molecule has 15 rings (SSSR count). The molecule has 0 saturated carbocycles. The summed E-state index contributed by atoms with van der Waals surface area (Å²) in [5.74, 6) is 0. The van der Waals surface area contributed by atoms with Crippen molar-refractivity contribution in [1.82, 2.24) is 9.55 Å². The van der Waals surface area contributed by atoms with Gasteiger partial charge in [-0.25, -0.2) is 4.98 Å². The highest BCUT2D eigenvalue weighted by Gasteiger charge is 2.46. The Morgan fingerprint density at radius 1 is 0.375 bits per heavy atom. The van der Waals surface area contributed by atoms with Crippen LogP contribution in [0.5, 0.6) is 0 Å². The number of para-hydroxylation sites is 4. The van der Waals surface area contributed by atoms with Crippen LogP contribution in [0.15, 0.2) is 265 Å². The molecule has 0 bridgehead atoms. The second kappa shape index (κ2) is 15.8. The minimum absolute atomic E-state index is 0.551. The predicted octanol–water partition coefficient (Wildman–Crippen LogP) is 17.9. The maximum Gasteiger partial charge on any atom is 0.137 e. The van der Waals surface area contributed by atoms with E-state index >= 15 is 0 Å². The third-order valence-electron chi connectivity index (χ3n) is 15.2. The molecule has 14 aromatic rings. The summed E-state index contributed by atoms with van der Waals surface area (Å²) in [5, 5.41) is 8.13. The molecule has 3 heterocycles. The number of anilines is 3. The van der Waals surface area contributed by atoms with Gasteiger partial charge in [0.15, 0.2) is 0 Å². The maximum absolute atomic E-state index is 6.58. The van der Waals surface area contributed by atoms with E-state index < -0.39 is 5.41 Å². The highest BCUT2D eigenvalue weighted by Crippen LogP contribution is 2.57. The largest absolute Gasteiger partial charge is 0.456 e. The van der Waals surface area contributed by atoms with Crippen molar-refractivity contribution < 1.29 is 4.42 Å². The summed E-state index contributed by atoms with van der Waals surface area (Å²) in [6.45, 7) is 0. The molecule has 0 saturated heterocycles. The van der Waals surface area contributed by atoms with Crippen LogP contribution in [0.25, 0.3) is 93.5 Å². The number of pyridine rings is 1. The number of furan rings is 1. The minimum atomic E-state index is -0.551. The van der Waals surface area contributed by atoms with Crippen LogP contribution in [-0.4, -0.2) is 9.55 Å². The average Bonchev–Trinajstić information content (AvgIpc) is 4.10. The van der Waals surface area contributed by atoms with Gasteiger partial charge in [-0.15, -0.1) is 0 Å². The Hall–Kier alpha value is -9.51. The fourth-order valence-electron chi connectivity index (χ4n) is 12.2. The second-order valence-electron chi connectivity index (χ2n) is 19.0. The molecule has 0 spiro atoms. The van der Waals surface area contributed by atoms with E-state index in [2.05, 4.69) is 258 Å². The van der Waals surface area contributed by atoms with E-state index in [4.69, 9.17) is 9.40 Å². The fraction of sp³-hybridized carbons (Fsp3) is 0.0147. The SMILES string of the molecule is c1ccc(-n2c3ccccc3c3c4c(ccc32)c(-c2ccc(N(c3ccc5c(c3)C(c3ccccc3)(c3ccccc3)c3ccccc3-5)c3ccc5c(c3)oc3ccccc35)cc2)nc2ccccc24)cc1. The lowest BCUT2D eigenvalue weighted by atomic mass is 9.67. The number of benzene rings is 11.